The minimum Gasteiger partial charge on any atom is -0.466 e. The van der Waals surface area contributed by atoms with Crippen LogP contribution in [0.25, 0.3) is 0 Å². The molecule has 0 radical (unpaired) electrons. The van der Waals surface area contributed by atoms with Crippen LogP contribution in [-0.4, -0.2) is 18.5 Å². The van der Waals surface area contributed by atoms with Crippen LogP contribution < -0.4 is 5.32 Å². The number of rotatable bonds is 14. The van der Waals surface area contributed by atoms with Crippen LogP contribution in [-0.2, 0) is 20.7 Å². The largest absolute Gasteiger partial charge is 0.466 e. The fourth-order valence-electron chi connectivity index (χ4n) is 2.76. The number of ether oxygens (including phenoxy) is 1. The second-order valence-electron chi connectivity index (χ2n) is 6.79. The highest BCUT2D eigenvalue weighted by Crippen LogP contribution is 2.11. The first-order valence-electron chi connectivity index (χ1n) is 10.2. The van der Waals surface area contributed by atoms with E-state index < -0.39 is 0 Å². The zero-order valence-electron chi connectivity index (χ0n) is 16.5. The lowest BCUT2D eigenvalue weighted by Crippen LogP contribution is -2.12. The zero-order chi connectivity index (χ0) is 19.0. The molecule has 0 spiro atoms. The van der Waals surface area contributed by atoms with Gasteiger partial charge in [0.15, 0.2) is 0 Å². The normalized spacial score (nSPS) is 10.5. The predicted octanol–water partition coefficient (Wildman–Crippen LogP) is 5.65. The molecule has 0 aliphatic heterocycles. The van der Waals surface area contributed by atoms with E-state index in [-0.39, 0.29) is 11.9 Å². The SMILES string of the molecule is CCCCCCCCCOC(=O)CCCC(=O)Nc1ccc(CC)cc1. The molecule has 0 fully saturated rings. The number of amides is 1. The van der Waals surface area contributed by atoms with Crippen molar-refractivity contribution in [2.45, 2.75) is 84.5 Å². The van der Waals surface area contributed by atoms with Crippen molar-refractivity contribution in [2.24, 2.45) is 0 Å². The van der Waals surface area contributed by atoms with Crippen molar-refractivity contribution in [3.63, 3.8) is 0 Å². The summed E-state index contributed by atoms with van der Waals surface area (Å²) < 4.78 is 5.22. The second-order valence-corrected chi connectivity index (χ2v) is 6.79. The van der Waals surface area contributed by atoms with Crippen molar-refractivity contribution >= 4 is 17.6 Å². The Hall–Kier alpha value is -1.84. The number of hydrogen-bond acceptors (Lipinski definition) is 3. The quantitative estimate of drug-likeness (QED) is 0.344. The number of anilines is 1. The Balaban J connectivity index is 2.01. The third-order valence-corrected chi connectivity index (χ3v) is 4.44. The molecule has 0 unspecified atom stereocenters. The van der Waals surface area contributed by atoms with Gasteiger partial charge in [0.05, 0.1) is 6.61 Å². The summed E-state index contributed by atoms with van der Waals surface area (Å²) >= 11 is 0. The summed E-state index contributed by atoms with van der Waals surface area (Å²) in [7, 11) is 0. The Morgan fingerprint density at radius 1 is 0.846 bits per heavy atom. The van der Waals surface area contributed by atoms with Crippen molar-refractivity contribution in [3.8, 4) is 0 Å². The maximum Gasteiger partial charge on any atom is 0.305 e. The van der Waals surface area contributed by atoms with E-state index in [0.717, 1.165) is 24.9 Å². The lowest BCUT2D eigenvalue weighted by Gasteiger charge is -2.07. The molecule has 1 amide bonds. The lowest BCUT2D eigenvalue weighted by atomic mass is 10.1. The standard InChI is InChI=1S/C22H35NO3/c1-3-5-6-7-8-9-10-18-26-22(25)13-11-12-21(24)23-20-16-14-19(4-2)15-17-20/h14-17H,3-13,18H2,1-2H3,(H,23,24). The van der Waals surface area contributed by atoms with Crippen LogP contribution in [0.2, 0.25) is 0 Å². The summed E-state index contributed by atoms with van der Waals surface area (Å²) in [6, 6.07) is 7.84. The first-order chi connectivity index (χ1) is 12.7. The van der Waals surface area contributed by atoms with Crippen molar-refractivity contribution in [3.05, 3.63) is 29.8 Å². The maximum atomic E-state index is 11.9. The van der Waals surface area contributed by atoms with Gasteiger partial charge in [-0.05, 0) is 37.0 Å². The van der Waals surface area contributed by atoms with E-state index in [4.69, 9.17) is 4.74 Å². The Bertz CT molecular complexity index is 511. The van der Waals surface area contributed by atoms with Gasteiger partial charge in [0.25, 0.3) is 0 Å². The molecule has 4 nitrogen and oxygen atoms in total. The molecule has 1 N–H and O–H groups in total. The lowest BCUT2D eigenvalue weighted by molar-refractivity contribution is -0.143. The number of nitrogens with one attached hydrogen (secondary N) is 1. The van der Waals surface area contributed by atoms with Crippen molar-refractivity contribution < 1.29 is 14.3 Å². The number of carbonyl (C=O) groups excluding carboxylic acids is 2. The molecule has 0 heterocycles. The van der Waals surface area contributed by atoms with Crippen LogP contribution in [0.3, 0.4) is 0 Å². The molecule has 4 heteroatoms. The summed E-state index contributed by atoms with van der Waals surface area (Å²) in [5, 5.41) is 2.86. The third kappa shape index (κ3) is 10.9. The van der Waals surface area contributed by atoms with Crippen molar-refractivity contribution in [2.75, 3.05) is 11.9 Å². The van der Waals surface area contributed by atoms with Gasteiger partial charge >= 0.3 is 5.97 Å². The van der Waals surface area contributed by atoms with E-state index in [0.29, 0.717) is 25.9 Å². The van der Waals surface area contributed by atoms with Gasteiger partial charge in [-0.2, -0.15) is 0 Å². The highest BCUT2D eigenvalue weighted by molar-refractivity contribution is 5.90. The molecule has 0 bridgehead atoms. The summed E-state index contributed by atoms with van der Waals surface area (Å²) in [5.41, 5.74) is 2.04. The number of unbranched alkanes of at least 4 members (excludes halogenated alkanes) is 6. The average Bonchev–Trinajstić information content (AvgIpc) is 2.64. The van der Waals surface area contributed by atoms with Gasteiger partial charge in [0, 0.05) is 18.5 Å². The average molecular weight is 362 g/mol. The van der Waals surface area contributed by atoms with Crippen molar-refractivity contribution in [1.82, 2.24) is 0 Å². The Morgan fingerprint density at radius 3 is 2.15 bits per heavy atom. The minimum absolute atomic E-state index is 0.0610. The first kappa shape index (κ1) is 22.2. The molecule has 0 aromatic heterocycles. The van der Waals surface area contributed by atoms with E-state index in [1.165, 1.54) is 37.7 Å². The summed E-state index contributed by atoms with van der Waals surface area (Å²) in [6.07, 6.45) is 10.6. The van der Waals surface area contributed by atoms with Crippen molar-refractivity contribution in [1.29, 1.82) is 0 Å². The van der Waals surface area contributed by atoms with Gasteiger partial charge in [-0.1, -0.05) is 64.5 Å². The Morgan fingerprint density at radius 2 is 1.50 bits per heavy atom. The molecule has 146 valence electrons. The number of carbonyl (C=O) groups is 2. The second kappa shape index (κ2) is 14.3. The van der Waals surface area contributed by atoms with Crippen LogP contribution in [0.5, 0.6) is 0 Å². The van der Waals surface area contributed by atoms with E-state index in [1.54, 1.807) is 0 Å². The molecule has 1 aromatic rings. The van der Waals surface area contributed by atoms with Gasteiger partial charge in [-0.15, -0.1) is 0 Å². The Kier molecular flexibility index (Phi) is 12.2. The fourth-order valence-corrected chi connectivity index (χ4v) is 2.76. The molecule has 0 aliphatic rings. The van der Waals surface area contributed by atoms with Crippen LogP contribution in [0.15, 0.2) is 24.3 Å². The molecule has 0 saturated carbocycles. The molecule has 26 heavy (non-hydrogen) atoms. The molecule has 1 rings (SSSR count). The van der Waals surface area contributed by atoms with Gasteiger partial charge in [-0.3, -0.25) is 9.59 Å². The van der Waals surface area contributed by atoms with E-state index >= 15 is 0 Å². The van der Waals surface area contributed by atoms with Gasteiger partial charge < -0.3 is 10.1 Å². The fraction of sp³-hybridized carbons (Fsp3) is 0.636. The minimum atomic E-state index is -0.198. The highest BCUT2D eigenvalue weighted by Gasteiger charge is 2.07. The summed E-state index contributed by atoms with van der Waals surface area (Å²) in [6.45, 7) is 4.82. The zero-order valence-corrected chi connectivity index (χ0v) is 16.5. The van der Waals surface area contributed by atoms with Gasteiger partial charge in [0.1, 0.15) is 0 Å². The number of aryl methyl sites for hydroxylation is 1. The van der Waals surface area contributed by atoms with Crippen LogP contribution in [0.1, 0.15) is 83.6 Å². The molecular formula is C22H35NO3. The molecule has 1 aromatic carbocycles. The number of hydrogen-bond donors (Lipinski definition) is 1. The molecule has 0 aliphatic carbocycles. The highest BCUT2D eigenvalue weighted by atomic mass is 16.5. The van der Waals surface area contributed by atoms with E-state index in [1.807, 2.05) is 24.3 Å². The van der Waals surface area contributed by atoms with Crippen LogP contribution in [0, 0.1) is 0 Å². The molecule has 0 saturated heterocycles. The van der Waals surface area contributed by atoms with Gasteiger partial charge in [0.2, 0.25) is 5.91 Å². The molecular weight excluding hydrogens is 326 g/mol. The Labute approximate surface area is 158 Å². The van der Waals surface area contributed by atoms with E-state index in [9.17, 15) is 9.59 Å². The monoisotopic (exact) mass is 361 g/mol. The summed E-state index contributed by atoms with van der Waals surface area (Å²) in [5.74, 6) is -0.259. The van der Waals surface area contributed by atoms with E-state index in [2.05, 4.69) is 19.2 Å². The smallest absolute Gasteiger partial charge is 0.305 e. The summed E-state index contributed by atoms with van der Waals surface area (Å²) in [4.78, 5) is 23.6. The third-order valence-electron chi connectivity index (χ3n) is 4.44. The van der Waals surface area contributed by atoms with Crippen LogP contribution >= 0.6 is 0 Å². The number of esters is 1. The van der Waals surface area contributed by atoms with Gasteiger partial charge in [-0.25, -0.2) is 0 Å². The molecule has 0 atom stereocenters. The maximum absolute atomic E-state index is 11.9. The van der Waals surface area contributed by atoms with Crippen LogP contribution in [0.4, 0.5) is 5.69 Å². The first-order valence-corrected chi connectivity index (χ1v) is 10.2. The predicted molar refractivity (Wildman–Crippen MR) is 107 cm³/mol. The number of benzene rings is 1. The topological polar surface area (TPSA) is 55.4 Å².